The van der Waals surface area contributed by atoms with E-state index >= 15 is 0 Å². The van der Waals surface area contributed by atoms with Crippen LogP contribution in [0.25, 0.3) is 21.5 Å². The van der Waals surface area contributed by atoms with Crippen LogP contribution in [0, 0.1) is 0 Å². The number of amides is 1. The number of rotatable bonds is 5. The van der Waals surface area contributed by atoms with Crippen molar-refractivity contribution in [2.75, 3.05) is 39.4 Å². The average molecular weight is 337 g/mol. The van der Waals surface area contributed by atoms with Crippen LogP contribution >= 0.6 is 0 Å². The molecule has 1 amide bonds. The van der Waals surface area contributed by atoms with Crippen LogP contribution in [0.2, 0.25) is 0 Å². The molecule has 0 radical (unpaired) electrons. The Hall–Kier alpha value is -2.79. The molecule has 0 fully saturated rings. The molecule has 0 N–H and O–H groups in total. The number of methoxy groups -OCH3 is 3. The lowest BCUT2D eigenvalue weighted by Gasteiger charge is -2.18. The van der Waals surface area contributed by atoms with E-state index in [1.807, 2.05) is 24.3 Å². The van der Waals surface area contributed by atoms with Crippen molar-refractivity contribution in [3.05, 3.63) is 42.0 Å². The van der Waals surface area contributed by atoms with E-state index < -0.39 is 0 Å². The van der Waals surface area contributed by atoms with Gasteiger partial charge in [0.25, 0.3) is 5.91 Å². The molecule has 25 heavy (non-hydrogen) atoms. The summed E-state index contributed by atoms with van der Waals surface area (Å²) >= 11 is 0. The lowest BCUT2D eigenvalue weighted by Crippen LogP contribution is -2.30. The zero-order chi connectivity index (χ0) is 17.6. The summed E-state index contributed by atoms with van der Waals surface area (Å²) in [5, 5.41) is 3.93. The Bertz CT molecular complexity index is 996. The summed E-state index contributed by atoms with van der Waals surface area (Å²) in [5.41, 5.74) is 1.54. The van der Waals surface area contributed by atoms with Gasteiger partial charge in [0.05, 0.1) is 32.1 Å². The lowest BCUT2D eigenvalue weighted by molar-refractivity contribution is 0.0982. The third-order valence-electron chi connectivity index (χ3n) is 4.73. The van der Waals surface area contributed by atoms with E-state index in [1.54, 1.807) is 32.3 Å². The summed E-state index contributed by atoms with van der Waals surface area (Å²) in [6, 6.07) is 11.9. The van der Waals surface area contributed by atoms with Crippen LogP contribution in [0.1, 0.15) is 10.4 Å². The van der Waals surface area contributed by atoms with Crippen LogP contribution in [-0.4, -0.2) is 40.4 Å². The maximum atomic E-state index is 13.0. The van der Waals surface area contributed by atoms with Gasteiger partial charge in [0.1, 0.15) is 0 Å². The molecule has 3 aromatic rings. The first-order valence-corrected chi connectivity index (χ1v) is 8.12. The van der Waals surface area contributed by atoms with Gasteiger partial charge in [0.15, 0.2) is 11.5 Å². The molecule has 0 aliphatic carbocycles. The largest absolute Gasteiger partial charge is 0.493 e. The van der Waals surface area contributed by atoms with E-state index in [4.69, 9.17) is 14.2 Å². The second-order valence-electron chi connectivity index (χ2n) is 5.98. The first-order chi connectivity index (χ1) is 12.2. The maximum Gasteiger partial charge on any atom is 0.259 e. The SMILES string of the molecule is COCCN1C(=O)c2cc(OC)c(OC)c3c2c1cc1ccccc13. The zero-order valence-electron chi connectivity index (χ0n) is 14.5. The van der Waals surface area contributed by atoms with Gasteiger partial charge in [-0.2, -0.15) is 0 Å². The number of hydrogen-bond acceptors (Lipinski definition) is 4. The molecule has 128 valence electrons. The quantitative estimate of drug-likeness (QED) is 0.667. The predicted molar refractivity (Wildman–Crippen MR) is 98.1 cm³/mol. The van der Waals surface area contributed by atoms with Crippen molar-refractivity contribution in [1.82, 2.24) is 0 Å². The molecule has 5 nitrogen and oxygen atoms in total. The third kappa shape index (κ3) is 2.16. The Morgan fingerprint density at radius 3 is 2.52 bits per heavy atom. The van der Waals surface area contributed by atoms with Gasteiger partial charge in [-0.1, -0.05) is 24.3 Å². The second kappa shape index (κ2) is 5.93. The summed E-state index contributed by atoms with van der Waals surface area (Å²) in [6.07, 6.45) is 0. The van der Waals surface area contributed by atoms with Gasteiger partial charge < -0.3 is 19.1 Å². The third-order valence-corrected chi connectivity index (χ3v) is 4.73. The summed E-state index contributed by atoms with van der Waals surface area (Å²) in [4.78, 5) is 14.8. The molecule has 0 spiro atoms. The zero-order valence-corrected chi connectivity index (χ0v) is 14.5. The highest BCUT2D eigenvalue weighted by Gasteiger charge is 2.33. The fraction of sp³-hybridized carbons (Fsp3) is 0.250. The summed E-state index contributed by atoms with van der Waals surface area (Å²) in [7, 11) is 4.85. The van der Waals surface area contributed by atoms with Crippen molar-refractivity contribution in [1.29, 1.82) is 0 Å². The molecule has 0 aromatic heterocycles. The van der Waals surface area contributed by atoms with E-state index in [1.165, 1.54) is 0 Å². The molecule has 0 saturated heterocycles. The topological polar surface area (TPSA) is 48.0 Å². The van der Waals surface area contributed by atoms with Gasteiger partial charge in [0.2, 0.25) is 0 Å². The molecule has 1 aliphatic heterocycles. The van der Waals surface area contributed by atoms with Crippen LogP contribution in [0.3, 0.4) is 0 Å². The monoisotopic (exact) mass is 337 g/mol. The molecule has 0 bridgehead atoms. The van der Waals surface area contributed by atoms with Crippen LogP contribution < -0.4 is 14.4 Å². The van der Waals surface area contributed by atoms with Crippen LogP contribution in [0.15, 0.2) is 36.4 Å². The molecular weight excluding hydrogens is 318 g/mol. The highest BCUT2D eigenvalue weighted by Crippen LogP contribution is 2.49. The van der Waals surface area contributed by atoms with Crippen molar-refractivity contribution in [3.8, 4) is 11.5 Å². The number of carbonyl (C=O) groups excluding carboxylic acids is 1. The number of anilines is 1. The van der Waals surface area contributed by atoms with Crippen LogP contribution in [0.4, 0.5) is 5.69 Å². The Labute approximate surface area is 145 Å². The van der Waals surface area contributed by atoms with Crippen LogP contribution in [-0.2, 0) is 4.74 Å². The number of ether oxygens (including phenoxy) is 3. The predicted octanol–water partition coefficient (Wildman–Crippen LogP) is 3.62. The number of fused-ring (bicyclic) bond motifs is 2. The minimum absolute atomic E-state index is 0.0340. The normalized spacial score (nSPS) is 13.1. The molecule has 4 rings (SSSR count). The Morgan fingerprint density at radius 2 is 1.80 bits per heavy atom. The highest BCUT2D eigenvalue weighted by atomic mass is 16.5. The lowest BCUT2D eigenvalue weighted by atomic mass is 9.97. The van der Waals surface area contributed by atoms with Gasteiger partial charge in [-0.3, -0.25) is 4.79 Å². The van der Waals surface area contributed by atoms with Gasteiger partial charge in [-0.15, -0.1) is 0 Å². The van der Waals surface area contributed by atoms with Crippen molar-refractivity contribution in [2.24, 2.45) is 0 Å². The average Bonchev–Trinajstić information content (AvgIpc) is 2.91. The fourth-order valence-electron chi connectivity index (χ4n) is 3.63. The van der Waals surface area contributed by atoms with Gasteiger partial charge in [-0.05, 0) is 22.9 Å². The van der Waals surface area contributed by atoms with E-state index in [0.717, 1.165) is 27.2 Å². The fourth-order valence-corrected chi connectivity index (χ4v) is 3.63. The van der Waals surface area contributed by atoms with E-state index in [9.17, 15) is 4.79 Å². The Balaban J connectivity index is 2.15. The molecular formula is C20H19NO4. The van der Waals surface area contributed by atoms with E-state index in [-0.39, 0.29) is 5.91 Å². The smallest absolute Gasteiger partial charge is 0.259 e. The standard InChI is InChI=1S/C20H19NO4/c1-23-9-8-21-15-10-12-6-4-5-7-13(12)18-17(15)14(20(21)22)11-16(24-2)19(18)25-3/h4-7,10-11H,8-9H2,1-3H3. The molecule has 1 aliphatic rings. The summed E-state index contributed by atoms with van der Waals surface area (Å²) < 4.78 is 16.4. The first kappa shape index (κ1) is 15.7. The number of benzene rings is 3. The number of carbonyl (C=O) groups is 1. The molecule has 1 heterocycles. The van der Waals surface area contributed by atoms with Gasteiger partial charge in [0, 0.05) is 24.4 Å². The van der Waals surface area contributed by atoms with Crippen molar-refractivity contribution < 1.29 is 19.0 Å². The number of nitrogens with zero attached hydrogens (tertiary/aromatic N) is 1. The molecule has 0 unspecified atom stereocenters. The Morgan fingerprint density at radius 1 is 1.00 bits per heavy atom. The molecule has 5 heteroatoms. The summed E-state index contributed by atoms with van der Waals surface area (Å²) in [5.74, 6) is 1.18. The Kier molecular flexibility index (Phi) is 3.73. The first-order valence-electron chi connectivity index (χ1n) is 8.12. The van der Waals surface area contributed by atoms with Crippen molar-refractivity contribution >= 4 is 33.1 Å². The number of hydrogen-bond donors (Lipinski definition) is 0. The highest BCUT2D eigenvalue weighted by molar-refractivity contribution is 6.31. The maximum absolute atomic E-state index is 13.0. The van der Waals surface area contributed by atoms with Gasteiger partial charge >= 0.3 is 0 Å². The second-order valence-corrected chi connectivity index (χ2v) is 5.98. The molecule has 0 atom stereocenters. The minimum Gasteiger partial charge on any atom is -0.493 e. The van der Waals surface area contributed by atoms with Gasteiger partial charge in [-0.25, -0.2) is 0 Å². The summed E-state index contributed by atoms with van der Waals surface area (Å²) in [6.45, 7) is 0.977. The molecule has 0 saturated carbocycles. The van der Waals surface area contributed by atoms with Crippen molar-refractivity contribution in [2.45, 2.75) is 0 Å². The van der Waals surface area contributed by atoms with E-state index in [0.29, 0.717) is 30.2 Å². The van der Waals surface area contributed by atoms with Crippen molar-refractivity contribution in [3.63, 3.8) is 0 Å². The molecule has 3 aromatic carbocycles. The van der Waals surface area contributed by atoms with E-state index in [2.05, 4.69) is 6.07 Å². The minimum atomic E-state index is -0.0340. The van der Waals surface area contributed by atoms with Crippen LogP contribution in [0.5, 0.6) is 11.5 Å².